The lowest BCUT2D eigenvalue weighted by Gasteiger charge is -2.18. The molecule has 0 spiro atoms. The van der Waals surface area contributed by atoms with Crippen LogP contribution >= 0.6 is 0 Å². The molecule has 1 aromatic carbocycles. The number of rotatable bonds is 3. The van der Waals surface area contributed by atoms with Gasteiger partial charge in [0.15, 0.2) is 0 Å². The fourth-order valence-corrected chi connectivity index (χ4v) is 2.87. The topological polar surface area (TPSA) is 0 Å². The molecule has 0 saturated carbocycles. The molecule has 0 amide bonds. The Morgan fingerprint density at radius 1 is 0.792 bits per heavy atom. The van der Waals surface area contributed by atoms with Crippen molar-refractivity contribution >= 4 is 16.7 Å². The van der Waals surface area contributed by atoms with Crippen molar-refractivity contribution in [1.29, 1.82) is 0 Å². The maximum atomic E-state index is 3.09. The van der Waals surface area contributed by atoms with E-state index >= 15 is 0 Å². The van der Waals surface area contributed by atoms with E-state index in [-0.39, 0.29) is 0 Å². The second-order valence-electron chi connectivity index (χ2n) is 5.67. The Kier molecular flexibility index (Phi) is 3.86. The lowest BCUT2D eigenvalue weighted by atomic mass is 9.89. The summed E-state index contributed by atoms with van der Waals surface area (Å²) < 4.78 is 0. The first-order valence-electron chi connectivity index (χ1n) is 7.95. The van der Waals surface area contributed by atoms with Gasteiger partial charge < -0.3 is 0 Å². The van der Waals surface area contributed by atoms with Crippen LogP contribution in [0.5, 0.6) is 0 Å². The minimum atomic E-state index is 1.20. The Hall–Kier alpha value is -3.26. The average molecular weight is 303 g/mol. The van der Waals surface area contributed by atoms with Crippen molar-refractivity contribution in [3.8, 4) is 0 Å². The molecule has 0 unspecified atom stereocenters. The minimum Gasteiger partial charge on any atom is -0.243 e. The van der Waals surface area contributed by atoms with Crippen molar-refractivity contribution in [2.45, 2.75) is 0 Å². The molecule has 0 fully saturated rings. The van der Waals surface area contributed by atoms with E-state index in [1.165, 1.54) is 33.4 Å². The summed E-state index contributed by atoms with van der Waals surface area (Å²) in [4.78, 5) is 0. The summed E-state index contributed by atoms with van der Waals surface area (Å²) in [6.07, 6.45) is 27.4. The summed E-state index contributed by atoms with van der Waals surface area (Å²) in [6.45, 7) is 0. The van der Waals surface area contributed by atoms with Crippen LogP contribution in [0.3, 0.4) is 0 Å². The maximum Gasteiger partial charge on any atom is 0.103 e. The van der Waals surface area contributed by atoms with E-state index in [2.05, 4.69) is 72.9 Å². The molecule has 4 rings (SSSR count). The van der Waals surface area contributed by atoms with Crippen LogP contribution < -0.4 is 0 Å². The van der Waals surface area contributed by atoms with Crippen LogP contribution in [0.1, 0.15) is 16.7 Å². The minimum absolute atomic E-state index is 1.20. The fraction of sp³-hybridized carbons (Fsp3) is 0. The molecular weight excluding hydrogens is 288 g/mol. The summed E-state index contributed by atoms with van der Waals surface area (Å²) >= 11 is 0. The van der Waals surface area contributed by atoms with Crippen LogP contribution in [-0.2, 0) is 0 Å². The molecule has 0 bridgehead atoms. The third-order valence-electron chi connectivity index (χ3n) is 4.09. The molecule has 0 nitrogen and oxygen atoms in total. The van der Waals surface area contributed by atoms with Crippen molar-refractivity contribution < 1.29 is 0 Å². The Balaban J connectivity index is 1.83. The molecule has 3 aliphatic rings. The molecule has 1 radical (unpaired) electrons. The van der Waals surface area contributed by atoms with Gasteiger partial charge in [-0.25, -0.2) is 5.73 Å². The monoisotopic (exact) mass is 303 g/mol. The van der Waals surface area contributed by atoms with Crippen molar-refractivity contribution in [1.82, 2.24) is 0 Å². The molecular formula is C24H15. The normalized spacial score (nSPS) is 17.1. The van der Waals surface area contributed by atoms with Gasteiger partial charge in [0.2, 0.25) is 0 Å². The van der Waals surface area contributed by atoms with Gasteiger partial charge in [-0.05, 0) is 29.4 Å². The first kappa shape index (κ1) is 14.3. The molecule has 0 aliphatic heterocycles. The quantitative estimate of drug-likeness (QED) is 0.502. The Labute approximate surface area is 143 Å². The molecule has 0 N–H and O–H groups in total. The zero-order chi connectivity index (χ0) is 16.2. The van der Waals surface area contributed by atoms with Gasteiger partial charge >= 0.3 is 0 Å². The van der Waals surface area contributed by atoms with Crippen molar-refractivity contribution in [2.24, 2.45) is 0 Å². The first-order valence-corrected chi connectivity index (χ1v) is 7.95. The highest BCUT2D eigenvalue weighted by Crippen LogP contribution is 2.31. The highest BCUT2D eigenvalue weighted by atomic mass is 14.1. The summed E-state index contributed by atoms with van der Waals surface area (Å²) in [7, 11) is 0. The molecule has 0 atom stereocenters. The standard InChI is InChI=1S/C24H15/c1-4-10-19(11-5-1)22-16-23(20-12-6-2-7-13-20)18-24(17-22)21-14-8-3-9-15-21/h4-18H. The van der Waals surface area contributed by atoms with Crippen LogP contribution in [0, 0.1) is 18.9 Å². The van der Waals surface area contributed by atoms with E-state index in [9.17, 15) is 0 Å². The van der Waals surface area contributed by atoms with Crippen molar-refractivity contribution in [3.05, 3.63) is 126 Å². The van der Waals surface area contributed by atoms with Gasteiger partial charge in [-0.1, -0.05) is 23.8 Å². The second-order valence-corrected chi connectivity index (χ2v) is 5.67. The van der Waals surface area contributed by atoms with E-state index < -0.39 is 0 Å². The summed E-state index contributed by atoms with van der Waals surface area (Å²) in [6, 6.07) is 6.72. The molecule has 111 valence electrons. The predicted octanol–water partition coefficient (Wildman–Crippen LogP) is 5.62. The van der Waals surface area contributed by atoms with Crippen LogP contribution in [0.4, 0.5) is 0 Å². The van der Waals surface area contributed by atoms with Crippen LogP contribution in [0.2, 0.25) is 0 Å². The molecule has 0 heteroatoms. The van der Waals surface area contributed by atoms with E-state index in [1.807, 2.05) is 36.5 Å². The highest BCUT2D eigenvalue weighted by Gasteiger charge is 2.11. The molecule has 1 aromatic rings. The number of hydrogen-bond acceptors (Lipinski definition) is 0. The van der Waals surface area contributed by atoms with Gasteiger partial charge in [0.1, 0.15) is 12.2 Å². The van der Waals surface area contributed by atoms with E-state index in [1.54, 1.807) is 0 Å². The van der Waals surface area contributed by atoms with Crippen LogP contribution in [0.15, 0.2) is 90.4 Å². The largest absolute Gasteiger partial charge is 0.243 e. The number of hydrogen-bond donors (Lipinski definition) is 0. The smallest absolute Gasteiger partial charge is 0.103 e. The lowest BCUT2D eigenvalue weighted by Crippen LogP contribution is -1.95. The predicted molar refractivity (Wildman–Crippen MR) is 101 cm³/mol. The Morgan fingerprint density at radius 2 is 1.62 bits per heavy atom. The Morgan fingerprint density at radius 3 is 2.33 bits per heavy atom. The summed E-state index contributed by atoms with van der Waals surface area (Å²) in [5.74, 6) is 0. The molecule has 0 aromatic heterocycles. The van der Waals surface area contributed by atoms with Crippen molar-refractivity contribution in [3.63, 3.8) is 0 Å². The van der Waals surface area contributed by atoms with Crippen LogP contribution in [0.25, 0.3) is 16.7 Å². The molecule has 0 saturated heterocycles. The fourth-order valence-electron chi connectivity index (χ4n) is 2.87. The molecule has 0 heterocycles. The maximum absolute atomic E-state index is 3.09. The molecule has 24 heavy (non-hydrogen) atoms. The summed E-state index contributed by atoms with van der Waals surface area (Å²) in [5.41, 5.74) is 13.4. The third-order valence-corrected chi connectivity index (χ3v) is 4.09. The zero-order valence-corrected chi connectivity index (χ0v) is 13.2. The van der Waals surface area contributed by atoms with E-state index in [4.69, 9.17) is 0 Å². The third kappa shape index (κ3) is 2.95. The van der Waals surface area contributed by atoms with Gasteiger partial charge in [-0.3, -0.25) is 0 Å². The SMILES string of the molecule is C1=C[CH]C(c2cc(C3=CC=[C+]C=C3)cc(C3=CC=C=C[CH-]3)c2)=CC=1. The first-order chi connectivity index (χ1) is 11.9. The number of allylic oxidation sites excluding steroid dienone is 12. The summed E-state index contributed by atoms with van der Waals surface area (Å²) in [5, 5.41) is 0. The zero-order valence-electron chi connectivity index (χ0n) is 13.2. The van der Waals surface area contributed by atoms with Gasteiger partial charge in [0.05, 0.1) is 17.7 Å². The van der Waals surface area contributed by atoms with Gasteiger partial charge in [0.25, 0.3) is 0 Å². The highest BCUT2D eigenvalue weighted by molar-refractivity contribution is 5.86. The van der Waals surface area contributed by atoms with Crippen molar-refractivity contribution in [2.75, 3.05) is 0 Å². The number of benzene rings is 1. The van der Waals surface area contributed by atoms with E-state index in [0.29, 0.717) is 0 Å². The van der Waals surface area contributed by atoms with E-state index in [0.717, 1.165) is 0 Å². The van der Waals surface area contributed by atoms with Gasteiger partial charge in [-0.2, -0.15) is 0 Å². The average Bonchev–Trinajstić information content (AvgIpc) is 2.70. The second kappa shape index (κ2) is 6.47. The molecule has 3 aliphatic carbocycles. The van der Waals surface area contributed by atoms with Gasteiger partial charge in [-0.15, -0.1) is 36.0 Å². The lowest BCUT2D eigenvalue weighted by molar-refractivity contribution is 1.48. The van der Waals surface area contributed by atoms with Gasteiger partial charge in [0, 0.05) is 18.1 Å². The van der Waals surface area contributed by atoms with Crippen LogP contribution in [-0.4, -0.2) is 0 Å². The Bertz CT molecular complexity index is 897.